The lowest BCUT2D eigenvalue weighted by Gasteiger charge is -2.06. The smallest absolute Gasteiger partial charge is 0.169 e. The second kappa shape index (κ2) is 6.11. The van der Waals surface area contributed by atoms with Crippen LogP contribution in [0.1, 0.15) is 34.1 Å². The van der Waals surface area contributed by atoms with Crippen molar-refractivity contribution in [2.24, 2.45) is 0 Å². The molecule has 0 atom stereocenters. The SMILES string of the molecule is CCc1ccc(CC(=O)c2cccc(C)c2Br)nc1. The second-order valence-electron chi connectivity index (χ2n) is 4.55. The summed E-state index contributed by atoms with van der Waals surface area (Å²) >= 11 is 3.48. The van der Waals surface area contributed by atoms with E-state index in [1.807, 2.05) is 43.5 Å². The summed E-state index contributed by atoms with van der Waals surface area (Å²) in [7, 11) is 0. The predicted molar refractivity (Wildman–Crippen MR) is 80.5 cm³/mol. The molecule has 1 aromatic heterocycles. The van der Waals surface area contributed by atoms with Crippen molar-refractivity contribution in [2.45, 2.75) is 26.7 Å². The summed E-state index contributed by atoms with van der Waals surface area (Å²) in [6.07, 6.45) is 3.14. The summed E-state index contributed by atoms with van der Waals surface area (Å²) in [4.78, 5) is 16.6. The molecule has 1 aromatic carbocycles. The summed E-state index contributed by atoms with van der Waals surface area (Å²) < 4.78 is 0.880. The molecule has 98 valence electrons. The first kappa shape index (κ1) is 13.9. The summed E-state index contributed by atoms with van der Waals surface area (Å²) in [6.45, 7) is 4.07. The Hall–Kier alpha value is -1.48. The molecule has 0 radical (unpaired) electrons. The van der Waals surface area contributed by atoms with Crippen molar-refractivity contribution in [3.05, 3.63) is 63.4 Å². The van der Waals surface area contributed by atoms with Crippen LogP contribution < -0.4 is 0 Å². The van der Waals surface area contributed by atoms with Gasteiger partial charge in [0.15, 0.2) is 5.78 Å². The number of pyridine rings is 1. The van der Waals surface area contributed by atoms with Gasteiger partial charge in [-0.25, -0.2) is 0 Å². The van der Waals surface area contributed by atoms with Gasteiger partial charge in [0.25, 0.3) is 0 Å². The third kappa shape index (κ3) is 3.29. The molecule has 0 unspecified atom stereocenters. The van der Waals surface area contributed by atoms with Gasteiger partial charge >= 0.3 is 0 Å². The van der Waals surface area contributed by atoms with Gasteiger partial charge in [0.1, 0.15) is 0 Å². The maximum absolute atomic E-state index is 12.3. The van der Waals surface area contributed by atoms with Crippen molar-refractivity contribution in [1.29, 1.82) is 0 Å². The van der Waals surface area contributed by atoms with Crippen LogP contribution in [0.5, 0.6) is 0 Å². The number of rotatable bonds is 4. The molecule has 0 aliphatic heterocycles. The van der Waals surface area contributed by atoms with Crippen LogP contribution in [-0.2, 0) is 12.8 Å². The number of carbonyl (C=O) groups excluding carboxylic acids is 1. The molecule has 0 saturated heterocycles. The summed E-state index contributed by atoms with van der Waals surface area (Å²) in [5.74, 6) is 0.0901. The number of hydrogen-bond acceptors (Lipinski definition) is 2. The number of aryl methyl sites for hydroxylation is 2. The topological polar surface area (TPSA) is 30.0 Å². The Morgan fingerprint density at radius 2 is 2.05 bits per heavy atom. The van der Waals surface area contributed by atoms with E-state index in [1.165, 1.54) is 5.56 Å². The third-order valence-electron chi connectivity index (χ3n) is 3.13. The molecular formula is C16H16BrNO. The molecule has 0 fully saturated rings. The van der Waals surface area contributed by atoms with Crippen molar-refractivity contribution >= 4 is 21.7 Å². The second-order valence-corrected chi connectivity index (χ2v) is 5.34. The van der Waals surface area contributed by atoms with Gasteiger partial charge in [-0.3, -0.25) is 9.78 Å². The molecule has 19 heavy (non-hydrogen) atoms. The maximum atomic E-state index is 12.3. The van der Waals surface area contributed by atoms with E-state index in [0.717, 1.165) is 27.7 Å². The average Bonchev–Trinajstić information content (AvgIpc) is 2.42. The zero-order valence-electron chi connectivity index (χ0n) is 11.1. The number of ketones is 1. The molecule has 2 nitrogen and oxygen atoms in total. The third-order valence-corrected chi connectivity index (χ3v) is 4.18. The Balaban J connectivity index is 2.18. The van der Waals surface area contributed by atoms with Crippen molar-refractivity contribution in [3.8, 4) is 0 Å². The standard InChI is InChI=1S/C16H16BrNO/c1-3-12-7-8-13(18-10-12)9-15(19)14-6-4-5-11(2)16(14)17/h4-8,10H,3,9H2,1-2H3. The normalized spacial score (nSPS) is 10.5. The minimum atomic E-state index is 0.0901. The van der Waals surface area contributed by atoms with Crippen molar-refractivity contribution in [3.63, 3.8) is 0 Å². The van der Waals surface area contributed by atoms with Gasteiger partial charge in [-0.1, -0.05) is 31.2 Å². The highest BCUT2D eigenvalue weighted by Gasteiger charge is 2.12. The Morgan fingerprint density at radius 3 is 2.68 bits per heavy atom. The molecule has 0 bridgehead atoms. The predicted octanol–water partition coefficient (Wildman–Crippen LogP) is 4.14. The van der Waals surface area contributed by atoms with Crippen molar-refractivity contribution < 1.29 is 4.79 Å². The quantitative estimate of drug-likeness (QED) is 0.793. The Bertz CT molecular complexity index is 590. The fraction of sp³-hybridized carbons (Fsp3) is 0.250. The van der Waals surface area contributed by atoms with Crippen LogP contribution in [0.4, 0.5) is 0 Å². The lowest BCUT2D eigenvalue weighted by atomic mass is 10.0. The fourth-order valence-corrected chi connectivity index (χ4v) is 2.38. The van der Waals surface area contributed by atoms with Crippen molar-refractivity contribution in [2.75, 3.05) is 0 Å². The van der Waals surface area contributed by atoms with Gasteiger partial charge in [0.2, 0.25) is 0 Å². The van der Waals surface area contributed by atoms with Gasteiger partial charge in [-0.05, 0) is 46.5 Å². The molecule has 0 amide bonds. The first-order valence-corrected chi connectivity index (χ1v) is 7.13. The van der Waals surface area contributed by atoms with E-state index in [2.05, 4.69) is 27.8 Å². The number of benzene rings is 1. The number of nitrogens with zero attached hydrogens (tertiary/aromatic N) is 1. The van der Waals surface area contributed by atoms with Gasteiger partial charge in [-0.2, -0.15) is 0 Å². The molecular weight excluding hydrogens is 302 g/mol. The van der Waals surface area contributed by atoms with Crippen LogP contribution in [0.15, 0.2) is 41.0 Å². The van der Waals surface area contributed by atoms with Gasteiger partial charge < -0.3 is 0 Å². The van der Waals surface area contributed by atoms with Gasteiger partial charge in [-0.15, -0.1) is 0 Å². The highest BCUT2D eigenvalue weighted by Crippen LogP contribution is 2.22. The Labute approximate surface area is 122 Å². The van der Waals surface area contributed by atoms with Gasteiger partial charge in [0.05, 0.1) is 6.42 Å². The molecule has 2 aromatic rings. The first-order chi connectivity index (χ1) is 9.11. The molecule has 2 rings (SSSR count). The molecule has 0 aliphatic carbocycles. The molecule has 0 aliphatic rings. The zero-order valence-corrected chi connectivity index (χ0v) is 12.7. The lowest BCUT2D eigenvalue weighted by molar-refractivity contribution is 0.0991. The molecule has 0 N–H and O–H groups in total. The number of aromatic nitrogens is 1. The summed E-state index contributed by atoms with van der Waals surface area (Å²) in [5, 5.41) is 0. The van der Waals surface area contributed by atoms with E-state index in [4.69, 9.17) is 0 Å². The fourth-order valence-electron chi connectivity index (χ4n) is 1.89. The van der Waals surface area contributed by atoms with Crippen LogP contribution in [0.3, 0.4) is 0 Å². The van der Waals surface area contributed by atoms with E-state index in [-0.39, 0.29) is 5.78 Å². The Kier molecular flexibility index (Phi) is 4.48. The van der Waals surface area contributed by atoms with Crippen molar-refractivity contribution in [1.82, 2.24) is 4.98 Å². The minimum absolute atomic E-state index is 0.0901. The largest absolute Gasteiger partial charge is 0.294 e. The van der Waals surface area contributed by atoms with Crippen LogP contribution in [0, 0.1) is 6.92 Å². The highest BCUT2D eigenvalue weighted by atomic mass is 79.9. The molecule has 0 spiro atoms. The van der Waals surface area contributed by atoms with E-state index in [9.17, 15) is 4.79 Å². The average molecular weight is 318 g/mol. The minimum Gasteiger partial charge on any atom is -0.294 e. The summed E-state index contributed by atoms with van der Waals surface area (Å²) in [5.41, 5.74) is 3.80. The number of halogens is 1. The van der Waals surface area contributed by atoms with Crippen LogP contribution >= 0.6 is 15.9 Å². The molecule has 3 heteroatoms. The monoisotopic (exact) mass is 317 g/mol. The van der Waals surface area contributed by atoms with E-state index in [0.29, 0.717) is 6.42 Å². The highest BCUT2D eigenvalue weighted by molar-refractivity contribution is 9.10. The molecule has 1 heterocycles. The van der Waals surface area contributed by atoms with Crippen LogP contribution in [-0.4, -0.2) is 10.8 Å². The summed E-state index contributed by atoms with van der Waals surface area (Å²) in [6, 6.07) is 9.69. The first-order valence-electron chi connectivity index (χ1n) is 6.34. The van der Waals surface area contributed by atoms with Crippen LogP contribution in [0.25, 0.3) is 0 Å². The van der Waals surface area contributed by atoms with E-state index >= 15 is 0 Å². The van der Waals surface area contributed by atoms with E-state index < -0.39 is 0 Å². The number of carbonyl (C=O) groups is 1. The molecule has 0 saturated carbocycles. The lowest BCUT2D eigenvalue weighted by Crippen LogP contribution is -2.06. The maximum Gasteiger partial charge on any atom is 0.169 e. The Morgan fingerprint density at radius 1 is 1.26 bits per heavy atom. The zero-order chi connectivity index (χ0) is 13.8. The number of hydrogen-bond donors (Lipinski definition) is 0. The van der Waals surface area contributed by atoms with Crippen LogP contribution in [0.2, 0.25) is 0 Å². The van der Waals surface area contributed by atoms with E-state index in [1.54, 1.807) is 0 Å². The number of Topliss-reactive ketones (excluding diaryl/α,β-unsaturated/α-hetero) is 1. The van der Waals surface area contributed by atoms with Gasteiger partial charge in [0, 0.05) is 21.9 Å².